The molecule has 1 aromatic heterocycles. The van der Waals surface area contributed by atoms with E-state index in [-0.39, 0.29) is 5.78 Å². The lowest BCUT2D eigenvalue weighted by Crippen LogP contribution is -2.75. The van der Waals surface area contributed by atoms with Gasteiger partial charge in [0.25, 0.3) is 0 Å². The highest BCUT2D eigenvalue weighted by atomic mass is 19.4. The van der Waals surface area contributed by atoms with Crippen LogP contribution in [0, 0.1) is 6.92 Å². The van der Waals surface area contributed by atoms with Gasteiger partial charge in [-0.1, -0.05) is 103 Å². The molecule has 0 saturated heterocycles. The smallest absolute Gasteiger partial charge is 0.287 e. The van der Waals surface area contributed by atoms with Crippen LogP contribution < -0.4 is 26.4 Å². The van der Waals surface area contributed by atoms with Crippen LogP contribution in [0.4, 0.5) is 105 Å². The Labute approximate surface area is 429 Å². The van der Waals surface area contributed by atoms with Gasteiger partial charge in [-0.3, -0.25) is 4.79 Å². The van der Waals surface area contributed by atoms with Crippen molar-refractivity contribution in [2.24, 2.45) is 0 Å². The zero-order valence-electron chi connectivity index (χ0n) is 39.1. The highest BCUT2D eigenvalue weighted by Crippen LogP contribution is 2.41. The summed E-state index contributed by atoms with van der Waals surface area (Å²) in [5.74, 6) is 0.120. The second-order valence-corrected chi connectivity index (χ2v) is 17.6. The Hall–Kier alpha value is -7.48. The van der Waals surface area contributed by atoms with Crippen molar-refractivity contribution in [2.45, 2.75) is 62.9 Å². The molecule has 0 aliphatic rings. The van der Waals surface area contributed by atoms with E-state index in [4.69, 9.17) is 0 Å². The Morgan fingerprint density at radius 3 is 0.861 bits per heavy atom. The molecule has 0 unspecified atom stereocenters. The van der Waals surface area contributed by atoms with Gasteiger partial charge < -0.3 is 0 Å². The molecule has 27 heteroatoms. The molecule has 79 heavy (non-hydrogen) atoms. The van der Waals surface area contributed by atoms with Gasteiger partial charge in [-0.25, -0.2) is 0 Å². The first-order valence-corrected chi connectivity index (χ1v) is 22.0. The van der Waals surface area contributed by atoms with E-state index in [2.05, 4.69) is 31.2 Å². The van der Waals surface area contributed by atoms with Crippen molar-refractivity contribution < 1.29 is 115 Å². The summed E-state index contributed by atoms with van der Waals surface area (Å²) in [5, 5.41) is 0. The summed E-state index contributed by atoms with van der Waals surface area (Å²) in [5.41, 5.74) is -25.8. The molecule has 2 nitrogen and oxygen atoms in total. The lowest BCUT2D eigenvalue weighted by molar-refractivity contribution is -0.683. The number of benzene rings is 6. The average Bonchev–Trinajstić information content (AvgIpc) is 3.37. The van der Waals surface area contributed by atoms with Crippen LogP contribution in [0.3, 0.4) is 0 Å². The van der Waals surface area contributed by atoms with Gasteiger partial charge in [0.05, 0.1) is 44.5 Å². The third-order valence-corrected chi connectivity index (χ3v) is 12.2. The fraction of sp³-hybridized carbons (Fsp3) is 0.192. The van der Waals surface area contributed by atoms with E-state index in [9.17, 15) is 110 Å². The minimum Gasteiger partial charge on any atom is -0.287 e. The molecular formula is C52H30BF24NO. The topological polar surface area (TPSA) is 20.9 Å². The fourth-order valence-electron chi connectivity index (χ4n) is 8.59. The number of aryl methyl sites for hydroxylation is 1. The van der Waals surface area contributed by atoms with Gasteiger partial charge in [-0.2, -0.15) is 132 Å². The summed E-state index contributed by atoms with van der Waals surface area (Å²) in [7, 11) is 0. The van der Waals surface area contributed by atoms with Gasteiger partial charge in [0.1, 0.15) is 6.15 Å². The number of aromatic nitrogens is 1. The number of carbonyl (C=O) groups excluding carboxylic acids is 1. The molecular weight excluding hydrogens is 1120 g/mol. The van der Waals surface area contributed by atoms with Crippen molar-refractivity contribution in [2.75, 3.05) is 0 Å². The molecule has 7 rings (SSSR count). The molecule has 0 N–H and O–H groups in total. The third kappa shape index (κ3) is 14.1. The molecule has 0 fully saturated rings. The maximum Gasteiger partial charge on any atom is 0.416 e. The number of pyridine rings is 1. The molecule has 0 spiro atoms. The first-order chi connectivity index (χ1) is 36.0. The minimum absolute atomic E-state index is 0.120. The molecule has 0 amide bonds. The SMILES string of the molecule is Cc1ccccc1-c1cc[n+](CC(=O)c2ccccc2)cc1.FC(F)(F)c1cc([B-](c2cc(C(F)(F)F)cc(C(F)(F)F)c2)(c2cc(C(F)(F)F)cc(C(F)(F)F)c2)c2cc(C(F)(F)F)cc(C(F)(F)F)c2)cc(C(F)(F)F)c1. The number of Topliss-reactive ketones (excluding diaryl/α,β-unsaturated/α-hetero) is 1. The summed E-state index contributed by atoms with van der Waals surface area (Å²) >= 11 is 0. The number of hydrogen-bond acceptors (Lipinski definition) is 1. The second kappa shape index (κ2) is 21.3. The van der Waals surface area contributed by atoms with Crippen molar-refractivity contribution in [3.63, 3.8) is 0 Å². The highest BCUT2D eigenvalue weighted by Gasteiger charge is 2.47. The van der Waals surface area contributed by atoms with E-state index in [1.54, 1.807) is 0 Å². The molecule has 0 aliphatic heterocycles. The van der Waals surface area contributed by atoms with E-state index in [0.717, 1.165) is 5.56 Å². The van der Waals surface area contributed by atoms with Crippen LogP contribution in [-0.2, 0) is 56.0 Å². The molecule has 0 radical (unpaired) electrons. The second-order valence-electron chi connectivity index (χ2n) is 17.6. The summed E-state index contributed by atoms with van der Waals surface area (Å²) in [4.78, 5) is 12.2. The Balaban J connectivity index is 0.000000378. The summed E-state index contributed by atoms with van der Waals surface area (Å²) in [6, 6.07) is 13.0. The fourth-order valence-corrected chi connectivity index (χ4v) is 8.59. The minimum atomic E-state index is -6.13. The van der Waals surface area contributed by atoms with Crippen LogP contribution in [0.5, 0.6) is 0 Å². The number of nitrogens with zero attached hydrogens (tertiary/aromatic N) is 1. The van der Waals surface area contributed by atoms with Crippen LogP contribution in [0.1, 0.15) is 60.4 Å². The lowest BCUT2D eigenvalue weighted by Gasteiger charge is -2.46. The van der Waals surface area contributed by atoms with E-state index >= 15 is 0 Å². The third-order valence-electron chi connectivity index (χ3n) is 12.2. The monoisotopic (exact) mass is 1150 g/mol. The van der Waals surface area contributed by atoms with Gasteiger partial charge in [0, 0.05) is 17.7 Å². The first-order valence-electron chi connectivity index (χ1n) is 22.0. The number of alkyl halides is 24. The van der Waals surface area contributed by atoms with Crippen molar-refractivity contribution in [1.82, 2.24) is 0 Å². The standard InChI is InChI=1S/C32H12BF24.C20H18NO/c34-25(35,36)13-1-14(26(37,38)39)6-21(5-13)33(22-7-15(27(40,41)42)2-16(8-22)28(43,44)45,23-9-17(29(46,47)48)3-18(10-23)30(49,50)51)24-11-19(31(52,53)54)4-20(12-24)32(55,56)57;1-16-7-5-6-10-19(16)17-11-13-21(14-12-17)15-20(22)18-8-3-2-4-9-18/h1-12H;2-14H,15H2,1H3/q-1;+1. The Morgan fingerprint density at radius 1 is 0.354 bits per heavy atom. The van der Waals surface area contributed by atoms with E-state index in [0.29, 0.717) is 6.54 Å². The first kappa shape index (κ1) is 60.7. The van der Waals surface area contributed by atoms with Crippen LogP contribution in [0.2, 0.25) is 0 Å². The molecule has 0 aliphatic carbocycles. The predicted molar refractivity (Wildman–Crippen MR) is 238 cm³/mol. The van der Waals surface area contributed by atoms with Crippen LogP contribution >= 0.6 is 0 Å². The van der Waals surface area contributed by atoms with Crippen molar-refractivity contribution >= 4 is 33.8 Å². The zero-order chi connectivity index (χ0) is 59.3. The van der Waals surface area contributed by atoms with Crippen molar-refractivity contribution in [3.8, 4) is 11.1 Å². The molecule has 1 heterocycles. The highest BCUT2D eigenvalue weighted by molar-refractivity contribution is 7.20. The number of carbonyl (C=O) groups is 1. The molecule has 0 saturated carbocycles. The predicted octanol–water partition coefficient (Wildman–Crippen LogP) is 15.0. The number of halogens is 24. The summed E-state index contributed by atoms with van der Waals surface area (Å²) in [6.45, 7) is 2.47. The number of hydrogen-bond donors (Lipinski definition) is 0. The number of rotatable bonds is 8. The molecule has 420 valence electrons. The van der Waals surface area contributed by atoms with Crippen molar-refractivity contribution in [1.29, 1.82) is 0 Å². The van der Waals surface area contributed by atoms with E-state index in [1.807, 2.05) is 59.4 Å². The lowest BCUT2D eigenvalue weighted by atomic mass is 9.12. The van der Waals surface area contributed by atoms with Gasteiger partial charge >= 0.3 is 49.4 Å². The van der Waals surface area contributed by atoms with Gasteiger partial charge in [0.15, 0.2) is 12.4 Å². The van der Waals surface area contributed by atoms with Gasteiger partial charge in [-0.05, 0) is 47.9 Å². The van der Waals surface area contributed by atoms with E-state index < -0.39 is 195 Å². The molecule has 0 bridgehead atoms. The van der Waals surface area contributed by atoms with Crippen LogP contribution in [0.15, 0.2) is 152 Å². The maximum absolute atomic E-state index is 14.2. The molecule has 6 aromatic carbocycles. The van der Waals surface area contributed by atoms with E-state index in [1.165, 1.54) is 16.7 Å². The van der Waals surface area contributed by atoms with Crippen LogP contribution in [0.25, 0.3) is 11.1 Å². The maximum atomic E-state index is 14.2. The summed E-state index contributed by atoms with van der Waals surface area (Å²) < 4.78 is 343. The Morgan fingerprint density at radius 2 is 0.608 bits per heavy atom. The largest absolute Gasteiger partial charge is 0.416 e. The van der Waals surface area contributed by atoms with Crippen LogP contribution in [-0.4, -0.2) is 11.9 Å². The molecule has 0 atom stereocenters. The van der Waals surface area contributed by atoms with Gasteiger partial charge in [-0.15, -0.1) is 0 Å². The van der Waals surface area contributed by atoms with Crippen molar-refractivity contribution in [3.05, 3.63) is 208 Å². The summed E-state index contributed by atoms with van der Waals surface area (Å²) in [6.07, 6.45) is -50.9. The van der Waals surface area contributed by atoms with Gasteiger partial charge in [0.2, 0.25) is 12.3 Å². The molecule has 7 aromatic rings. The Bertz CT molecular complexity index is 2890. The average molecular weight is 1150 g/mol. The quantitative estimate of drug-likeness (QED) is 0.0643. The normalized spacial score (nSPS) is 13.2. The Kier molecular flexibility index (Phi) is 16.4. The zero-order valence-corrected chi connectivity index (χ0v) is 39.1. The number of ketones is 1.